The Kier molecular flexibility index (Phi) is 6.32. The van der Waals surface area contributed by atoms with Gasteiger partial charge in [0.2, 0.25) is 5.91 Å². The Morgan fingerprint density at radius 1 is 1.43 bits per heavy atom. The van der Waals surface area contributed by atoms with Crippen molar-refractivity contribution in [3.05, 3.63) is 24.0 Å². The van der Waals surface area contributed by atoms with Crippen LogP contribution >= 0.6 is 11.8 Å². The summed E-state index contributed by atoms with van der Waals surface area (Å²) in [5.41, 5.74) is 0.0126. The van der Waals surface area contributed by atoms with Gasteiger partial charge in [0.25, 0.3) is 0 Å². The van der Waals surface area contributed by atoms with Gasteiger partial charge >= 0.3 is 6.18 Å². The first-order valence-corrected chi connectivity index (χ1v) is 7.41. The molecule has 1 aromatic rings. The number of alkyl halides is 3. The molecule has 1 rings (SSSR count). The third-order valence-electron chi connectivity index (χ3n) is 2.46. The van der Waals surface area contributed by atoms with Crippen molar-refractivity contribution in [2.24, 2.45) is 5.92 Å². The summed E-state index contributed by atoms with van der Waals surface area (Å²) in [6.07, 6.45) is -2.71. The number of hydrogen-bond donors (Lipinski definition) is 1. The Morgan fingerprint density at radius 2 is 2.10 bits per heavy atom. The lowest BCUT2D eigenvalue weighted by Crippen LogP contribution is -2.23. The molecule has 0 saturated carbocycles. The second-order valence-electron chi connectivity index (χ2n) is 4.39. The van der Waals surface area contributed by atoms with Crippen LogP contribution in [0.15, 0.2) is 18.2 Å². The molecule has 0 bridgehead atoms. The van der Waals surface area contributed by atoms with Crippen LogP contribution in [0.1, 0.15) is 6.92 Å². The van der Waals surface area contributed by atoms with E-state index in [2.05, 4.69) is 10.1 Å². The first-order chi connectivity index (χ1) is 9.73. The number of nitrogens with one attached hydrogen (secondary N) is 1. The fraction of sp³-hybridized carbons (Fsp3) is 0.462. The molecule has 0 aliphatic rings. The van der Waals surface area contributed by atoms with Crippen LogP contribution in [-0.2, 0) is 4.79 Å². The summed E-state index contributed by atoms with van der Waals surface area (Å²) in [7, 11) is 0. The maximum atomic E-state index is 13.1. The molecule has 21 heavy (non-hydrogen) atoms. The van der Waals surface area contributed by atoms with Crippen molar-refractivity contribution in [2.45, 2.75) is 13.1 Å². The number of carbonyl (C=O) groups is 1. The molecule has 8 heteroatoms. The zero-order valence-corrected chi connectivity index (χ0v) is 12.3. The quantitative estimate of drug-likeness (QED) is 0.811. The van der Waals surface area contributed by atoms with Gasteiger partial charge in [-0.1, -0.05) is 6.92 Å². The van der Waals surface area contributed by atoms with E-state index in [9.17, 15) is 22.4 Å². The van der Waals surface area contributed by atoms with Crippen LogP contribution < -0.4 is 10.1 Å². The number of benzene rings is 1. The van der Waals surface area contributed by atoms with E-state index in [1.165, 1.54) is 17.8 Å². The highest BCUT2D eigenvalue weighted by atomic mass is 32.2. The minimum Gasteiger partial charge on any atom is -0.482 e. The predicted molar refractivity (Wildman–Crippen MR) is 74.1 cm³/mol. The Bertz CT molecular complexity index is 494. The molecule has 1 amide bonds. The normalized spacial score (nSPS) is 12.9. The van der Waals surface area contributed by atoms with Gasteiger partial charge in [0.05, 0.1) is 5.69 Å². The van der Waals surface area contributed by atoms with E-state index < -0.39 is 18.6 Å². The SMILES string of the molecule is CSCC(C)C(=O)Nc1ccc(F)cc1OCC(F)(F)F. The average molecular weight is 325 g/mol. The fourth-order valence-electron chi connectivity index (χ4n) is 1.46. The molecule has 1 aromatic carbocycles. The van der Waals surface area contributed by atoms with E-state index in [1.807, 2.05) is 6.26 Å². The van der Waals surface area contributed by atoms with Crippen molar-refractivity contribution in [3.8, 4) is 5.75 Å². The van der Waals surface area contributed by atoms with Crippen LogP contribution in [-0.4, -0.2) is 30.7 Å². The molecule has 3 nitrogen and oxygen atoms in total. The molecule has 0 radical (unpaired) electrons. The van der Waals surface area contributed by atoms with E-state index in [4.69, 9.17) is 0 Å². The van der Waals surface area contributed by atoms with Crippen molar-refractivity contribution in [2.75, 3.05) is 23.9 Å². The summed E-state index contributed by atoms with van der Waals surface area (Å²) in [5, 5.41) is 2.45. The second kappa shape index (κ2) is 7.53. The summed E-state index contributed by atoms with van der Waals surface area (Å²) >= 11 is 1.47. The first-order valence-electron chi connectivity index (χ1n) is 6.02. The molecule has 0 spiro atoms. The Balaban J connectivity index is 2.84. The summed E-state index contributed by atoms with van der Waals surface area (Å²) in [4.78, 5) is 11.8. The highest BCUT2D eigenvalue weighted by Gasteiger charge is 2.29. The molecule has 0 heterocycles. The highest BCUT2D eigenvalue weighted by Crippen LogP contribution is 2.28. The van der Waals surface area contributed by atoms with Crippen LogP contribution in [0, 0.1) is 11.7 Å². The van der Waals surface area contributed by atoms with Gasteiger partial charge < -0.3 is 10.1 Å². The Morgan fingerprint density at radius 3 is 2.67 bits per heavy atom. The molecule has 1 N–H and O–H groups in total. The predicted octanol–water partition coefficient (Wildman–Crippen LogP) is 3.70. The number of halogens is 4. The van der Waals surface area contributed by atoms with Crippen LogP contribution in [0.4, 0.5) is 23.2 Å². The largest absolute Gasteiger partial charge is 0.482 e. The molecule has 0 saturated heterocycles. The topological polar surface area (TPSA) is 38.3 Å². The first kappa shape index (κ1) is 17.6. The minimum absolute atomic E-state index is 0.0126. The monoisotopic (exact) mass is 325 g/mol. The van der Waals surface area contributed by atoms with Crippen LogP contribution in [0.3, 0.4) is 0 Å². The standard InChI is InChI=1S/C13H15F4NO2S/c1-8(6-21-2)12(19)18-10-4-3-9(14)5-11(10)20-7-13(15,16)17/h3-5,8H,6-7H2,1-2H3,(H,18,19). The molecule has 0 aromatic heterocycles. The van der Waals surface area contributed by atoms with Crippen molar-refractivity contribution >= 4 is 23.4 Å². The number of hydrogen-bond acceptors (Lipinski definition) is 3. The van der Waals surface area contributed by atoms with Gasteiger partial charge in [0.15, 0.2) is 6.61 Å². The molecule has 118 valence electrons. The Labute approximate surface area is 124 Å². The molecule has 0 fully saturated rings. The van der Waals surface area contributed by atoms with Crippen molar-refractivity contribution < 1.29 is 27.1 Å². The lowest BCUT2D eigenvalue weighted by Gasteiger charge is -2.16. The number of ether oxygens (including phenoxy) is 1. The summed E-state index contributed by atoms with van der Waals surface area (Å²) in [6, 6.07) is 3.01. The second-order valence-corrected chi connectivity index (χ2v) is 5.30. The maximum Gasteiger partial charge on any atom is 0.422 e. The zero-order chi connectivity index (χ0) is 16.0. The van der Waals surface area contributed by atoms with Gasteiger partial charge in [-0.15, -0.1) is 0 Å². The zero-order valence-electron chi connectivity index (χ0n) is 11.5. The summed E-state index contributed by atoms with van der Waals surface area (Å²) in [6.45, 7) is 0.130. The molecule has 1 atom stereocenters. The van der Waals surface area contributed by atoms with Crippen molar-refractivity contribution in [1.82, 2.24) is 0 Å². The van der Waals surface area contributed by atoms with Gasteiger partial charge in [-0.2, -0.15) is 24.9 Å². The van der Waals surface area contributed by atoms with E-state index in [0.29, 0.717) is 5.75 Å². The number of amides is 1. The molecular weight excluding hydrogens is 310 g/mol. The number of thioether (sulfide) groups is 1. The lowest BCUT2D eigenvalue weighted by molar-refractivity contribution is -0.153. The number of anilines is 1. The maximum absolute atomic E-state index is 13.1. The highest BCUT2D eigenvalue weighted by molar-refractivity contribution is 7.98. The lowest BCUT2D eigenvalue weighted by atomic mass is 10.2. The van der Waals surface area contributed by atoms with E-state index >= 15 is 0 Å². The van der Waals surface area contributed by atoms with Gasteiger partial charge in [-0.3, -0.25) is 4.79 Å². The fourth-order valence-corrected chi connectivity index (χ4v) is 2.11. The minimum atomic E-state index is -4.54. The average Bonchev–Trinajstić information content (AvgIpc) is 2.38. The molecular formula is C13H15F4NO2S. The molecule has 0 aliphatic heterocycles. The van der Waals surface area contributed by atoms with Crippen LogP contribution in [0.5, 0.6) is 5.75 Å². The molecule has 1 unspecified atom stereocenters. The van der Waals surface area contributed by atoms with E-state index in [0.717, 1.165) is 12.1 Å². The smallest absolute Gasteiger partial charge is 0.422 e. The third-order valence-corrected chi connectivity index (χ3v) is 3.29. The van der Waals surface area contributed by atoms with Gasteiger partial charge in [-0.05, 0) is 18.4 Å². The number of carbonyl (C=O) groups excluding carboxylic acids is 1. The summed E-state index contributed by atoms with van der Waals surface area (Å²) in [5.74, 6) is -1.24. The van der Waals surface area contributed by atoms with E-state index in [1.54, 1.807) is 6.92 Å². The van der Waals surface area contributed by atoms with Crippen molar-refractivity contribution in [3.63, 3.8) is 0 Å². The van der Waals surface area contributed by atoms with Gasteiger partial charge in [-0.25, -0.2) is 4.39 Å². The van der Waals surface area contributed by atoms with Gasteiger partial charge in [0.1, 0.15) is 11.6 Å². The van der Waals surface area contributed by atoms with Gasteiger partial charge in [0, 0.05) is 17.7 Å². The third kappa shape index (κ3) is 6.24. The Hall–Kier alpha value is -1.44. The molecule has 0 aliphatic carbocycles. The van der Waals surface area contributed by atoms with E-state index in [-0.39, 0.29) is 23.3 Å². The summed E-state index contributed by atoms with van der Waals surface area (Å²) < 4.78 is 54.1. The van der Waals surface area contributed by atoms with Crippen LogP contribution in [0.25, 0.3) is 0 Å². The van der Waals surface area contributed by atoms with Crippen LogP contribution in [0.2, 0.25) is 0 Å². The number of rotatable bonds is 6. The van der Waals surface area contributed by atoms with Crippen molar-refractivity contribution in [1.29, 1.82) is 0 Å².